The summed E-state index contributed by atoms with van der Waals surface area (Å²) in [6.07, 6.45) is 2.29. The molecule has 0 aliphatic carbocycles. The number of hydrogen-bond donors (Lipinski definition) is 1. The van der Waals surface area contributed by atoms with Crippen molar-refractivity contribution in [2.24, 2.45) is 5.92 Å². The first-order valence-electron chi connectivity index (χ1n) is 8.07. The van der Waals surface area contributed by atoms with Crippen molar-refractivity contribution in [1.82, 2.24) is 15.2 Å². The van der Waals surface area contributed by atoms with E-state index in [0.29, 0.717) is 5.92 Å². The van der Waals surface area contributed by atoms with E-state index < -0.39 is 0 Å². The van der Waals surface area contributed by atoms with Crippen LogP contribution in [0.1, 0.15) is 38.8 Å². The van der Waals surface area contributed by atoms with Crippen molar-refractivity contribution in [3.8, 4) is 0 Å². The largest absolute Gasteiger partial charge is 0.351 e. The molecule has 124 valence electrons. The molecule has 1 aliphatic rings. The van der Waals surface area contributed by atoms with Crippen LogP contribution in [0.3, 0.4) is 0 Å². The van der Waals surface area contributed by atoms with E-state index in [1.165, 1.54) is 17.0 Å². The molecule has 0 saturated carbocycles. The van der Waals surface area contributed by atoms with Gasteiger partial charge < -0.3 is 5.32 Å². The fourth-order valence-electron chi connectivity index (χ4n) is 2.98. The minimum Gasteiger partial charge on any atom is -0.351 e. The molecule has 0 bridgehead atoms. The van der Waals surface area contributed by atoms with Crippen molar-refractivity contribution in [3.05, 3.63) is 38.0 Å². The second kappa shape index (κ2) is 7.55. The Morgan fingerprint density at radius 1 is 1.35 bits per heavy atom. The summed E-state index contributed by atoms with van der Waals surface area (Å²) < 4.78 is 0. The lowest BCUT2D eigenvalue weighted by Gasteiger charge is -2.31. The number of thiazole rings is 1. The van der Waals surface area contributed by atoms with Gasteiger partial charge in [0, 0.05) is 18.5 Å². The van der Waals surface area contributed by atoms with E-state index in [-0.39, 0.29) is 5.91 Å². The molecule has 1 fully saturated rings. The van der Waals surface area contributed by atoms with E-state index in [9.17, 15) is 4.79 Å². The first kappa shape index (κ1) is 16.6. The standard InChI is InChI=1S/C17H23N3OS2/c1-12-5-8-22-16(12)17(21)18-9-14-3-6-20(7-4-14)10-15-11-23-13(2)19-15/h5,8,11,14H,3-4,6-7,9-10H2,1-2H3,(H,18,21). The highest BCUT2D eigenvalue weighted by Crippen LogP contribution is 2.20. The van der Waals surface area contributed by atoms with Crippen LogP contribution in [0.25, 0.3) is 0 Å². The molecule has 3 rings (SSSR count). The Hall–Kier alpha value is -1.24. The molecular weight excluding hydrogens is 326 g/mol. The summed E-state index contributed by atoms with van der Waals surface area (Å²) in [4.78, 5) is 20.0. The molecule has 6 heteroatoms. The van der Waals surface area contributed by atoms with Gasteiger partial charge in [-0.2, -0.15) is 0 Å². The molecule has 0 aromatic carbocycles. The minimum atomic E-state index is 0.0814. The van der Waals surface area contributed by atoms with Gasteiger partial charge in [0.15, 0.2) is 0 Å². The average molecular weight is 350 g/mol. The van der Waals surface area contributed by atoms with Crippen molar-refractivity contribution in [2.45, 2.75) is 33.2 Å². The molecule has 0 atom stereocenters. The minimum absolute atomic E-state index is 0.0814. The lowest BCUT2D eigenvalue weighted by Crippen LogP contribution is -2.38. The monoisotopic (exact) mass is 349 g/mol. The number of nitrogens with one attached hydrogen (secondary N) is 1. The normalized spacial score (nSPS) is 16.6. The second-order valence-corrected chi connectivity index (χ2v) is 8.20. The highest BCUT2D eigenvalue weighted by atomic mass is 32.1. The summed E-state index contributed by atoms with van der Waals surface area (Å²) in [5.74, 6) is 0.672. The van der Waals surface area contributed by atoms with Crippen LogP contribution in [0.5, 0.6) is 0 Å². The van der Waals surface area contributed by atoms with E-state index in [2.05, 4.69) is 27.5 Å². The summed E-state index contributed by atoms with van der Waals surface area (Å²) in [6, 6.07) is 2.00. The van der Waals surface area contributed by atoms with E-state index in [0.717, 1.165) is 54.5 Å². The van der Waals surface area contributed by atoms with Gasteiger partial charge in [0.05, 0.1) is 15.6 Å². The quantitative estimate of drug-likeness (QED) is 0.899. The van der Waals surface area contributed by atoms with Crippen LogP contribution in [0, 0.1) is 19.8 Å². The maximum absolute atomic E-state index is 12.2. The molecule has 3 heterocycles. The fraction of sp³-hybridized carbons (Fsp3) is 0.529. The van der Waals surface area contributed by atoms with Gasteiger partial charge in [0.1, 0.15) is 0 Å². The third-order valence-electron chi connectivity index (χ3n) is 4.38. The number of likely N-dealkylation sites (tertiary alicyclic amines) is 1. The van der Waals surface area contributed by atoms with Crippen LogP contribution < -0.4 is 5.32 Å². The number of nitrogens with zero attached hydrogens (tertiary/aromatic N) is 2. The smallest absolute Gasteiger partial charge is 0.261 e. The van der Waals surface area contributed by atoms with Gasteiger partial charge in [-0.3, -0.25) is 9.69 Å². The molecule has 1 aliphatic heterocycles. The average Bonchev–Trinajstić information content (AvgIpc) is 3.15. The Balaban J connectivity index is 1.41. The molecular formula is C17H23N3OS2. The summed E-state index contributed by atoms with van der Waals surface area (Å²) in [5.41, 5.74) is 2.26. The highest BCUT2D eigenvalue weighted by Gasteiger charge is 2.21. The molecule has 4 nitrogen and oxygen atoms in total. The van der Waals surface area contributed by atoms with E-state index in [1.807, 2.05) is 18.4 Å². The Morgan fingerprint density at radius 3 is 2.74 bits per heavy atom. The SMILES string of the molecule is Cc1nc(CN2CCC(CNC(=O)c3sccc3C)CC2)cs1. The van der Waals surface area contributed by atoms with Crippen molar-refractivity contribution >= 4 is 28.6 Å². The lowest BCUT2D eigenvalue weighted by atomic mass is 9.96. The molecule has 2 aromatic rings. The molecule has 0 radical (unpaired) electrons. The van der Waals surface area contributed by atoms with Crippen molar-refractivity contribution in [3.63, 3.8) is 0 Å². The van der Waals surface area contributed by atoms with Crippen LogP contribution in [-0.2, 0) is 6.54 Å². The van der Waals surface area contributed by atoms with Gasteiger partial charge in [0.2, 0.25) is 0 Å². The van der Waals surface area contributed by atoms with Gasteiger partial charge in [0.25, 0.3) is 5.91 Å². The number of amides is 1. The number of aromatic nitrogens is 1. The fourth-order valence-corrected chi connectivity index (χ4v) is 4.43. The van der Waals surface area contributed by atoms with E-state index in [4.69, 9.17) is 0 Å². The van der Waals surface area contributed by atoms with Crippen molar-refractivity contribution in [1.29, 1.82) is 0 Å². The van der Waals surface area contributed by atoms with E-state index in [1.54, 1.807) is 11.3 Å². The summed E-state index contributed by atoms with van der Waals surface area (Å²) >= 11 is 3.24. The molecule has 0 spiro atoms. The van der Waals surface area contributed by atoms with Crippen LogP contribution in [-0.4, -0.2) is 35.4 Å². The van der Waals surface area contributed by atoms with Gasteiger partial charge in [-0.1, -0.05) is 0 Å². The third kappa shape index (κ3) is 4.40. The van der Waals surface area contributed by atoms with Gasteiger partial charge in [-0.25, -0.2) is 4.98 Å². The molecule has 1 saturated heterocycles. The zero-order valence-corrected chi connectivity index (χ0v) is 15.3. The zero-order valence-electron chi connectivity index (χ0n) is 13.7. The Bertz CT molecular complexity index is 656. The second-order valence-electron chi connectivity index (χ2n) is 6.22. The summed E-state index contributed by atoms with van der Waals surface area (Å²) in [6.45, 7) is 7.98. The van der Waals surface area contributed by atoms with Gasteiger partial charge in [-0.15, -0.1) is 22.7 Å². The highest BCUT2D eigenvalue weighted by molar-refractivity contribution is 7.12. The summed E-state index contributed by atoms with van der Waals surface area (Å²) in [5, 5.41) is 8.38. The number of aryl methyl sites for hydroxylation is 2. The number of hydrogen-bond acceptors (Lipinski definition) is 5. The molecule has 1 amide bonds. The number of carbonyl (C=O) groups is 1. The van der Waals surface area contributed by atoms with Crippen LogP contribution in [0.2, 0.25) is 0 Å². The number of rotatable bonds is 5. The van der Waals surface area contributed by atoms with Crippen LogP contribution >= 0.6 is 22.7 Å². The number of piperidine rings is 1. The topological polar surface area (TPSA) is 45.2 Å². The molecule has 23 heavy (non-hydrogen) atoms. The first-order valence-corrected chi connectivity index (χ1v) is 9.83. The van der Waals surface area contributed by atoms with Crippen LogP contribution in [0.4, 0.5) is 0 Å². The predicted molar refractivity (Wildman–Crippen MR) is 96.2 cm³/mol. The van der Waals surface area contributed by atoms with Crippen LogP contribution in [0.15, 0.2) is 16.8 Å². The maximum atomic E-state index is 12.2. The molecule has 0 unspecified atom stereocenters. The molecule has 2 aromatic heterocycles. The Labute approximate surface area is 145 Å². The maximum Gasteiger partial charge on any atom is 0.261 e. The van der Waals surface area contributed by atoms with E-state index >= 15 is 0 Å². The van der Waals surface area contributed by atoms with Crippen molar-refractivity contribution < 1.29 is 4.79 Å². The Morgan fingerprint density at radius 2 is 2.13 bits per heavy atom. The third-order valence-corrected chi connectivity index (χ3v) is 6.22. The number of carbonyl (C=O) groups excluding carboxylic acids is 1. The first-order chi connectivity index (χ1) is 11.1. The number of thiophene rings is 1. The zero-order chi connectivity index (χ0) is 16.2. The van der Waals surface area contributed by atoms with Crippen molar-refractivity contribution in [2.75, 3.05) is 19.6 Å². The lowest BCUT2D eigenvalue weighted by molar-refractivity contribution is 0.0938. The Kier molecular flexibility index (Phi) is 5.46. The van der Waals surface area contributed by atoms with Gasteiger partial charge in [-0.05, 0) is 62.7 Å². The summed E-state index contributed by atoms with van der Waals surface area (Å²) in [7, 11) is 0. The predicted octanol–water partition coefficient (Wildman–Crippen LogP) is 3.46. The van der Waals surface area contributed by atoms with Gasteiger partial charge >= 0.3 is 0 Å². The molecule has 1 N–H and O–H groups in total.